The summed E-state index contributed by atoms with van der Waals surface area (Å²) in [6.07, 6.45) is 0.674. The summed E-state index contributed by atoms with van der Waals surface area (Å²) in [6.45, 7) is 4.92. The van der Waals surface area contributed by atoms with Gasteiger partial charge in [-0.1, -0.05) is 0 Å². The fraction of sp³-hybridized carbons (Fsp3) is 0.500. The minimum absolute atomic E-state index is 0.0776. The molecule has 0 aliphatic carbocycles. The van der Waals surface area contributed by atoms with Crippen LogP contribution in [-0.2, 0) is 4.74 Å². The lowest BCUT2D eigenvalue weighted by atomic mass is 10.1. The Labute approximate surface area is 123 Å². The molecule has 0 aromatic heterocycles. The quantitative estimate of drug-likeness (QED) is 0.566. The fourth-order valence-electron chi connectivity index (χ4n) is 1.85. The monoisotopic (exact) mass is 295 g/mol. The summed E-state index contributed by atoms with van der Waals surface area (Å²) < 4.78 is 4.96. The number of ether oxygens (including phenoxy) is 1. The molecule has 0 aliphatic heterocycles. The number of non-ortho nitro benzene ring substituents is 1. The van der Waals surface area contributed by atoms with Crippen LogP contribution in [0.15, 0.2) is 18.2 Å². The van der Waals surface area contributed by atoms with Crippen LogP contribution in [0.2, 0.25) is 0 Å². The number of carbonyl (C=O) groups excluding carboxylic acids is 1. The SMILES string of the molecule is CCNc1ccc([N+](=O)[O-])cc1C(=O)NC(C)CCOC. The van der Waals surface area contributed by atoms with Gasteiger partial charge in [-0.2, -0.15) is 0 Å². The van der Waals surface area contributed by atoms with Crippen LogP contribution in [0, 0.1) is 10.1 Å². The van der Waals surface area contributed by atoms with Crippen molar-refractivity contribution in [2.45, 2.75) is 26.3 Å². The summed E-state index contributed by atoms with van der Waals surface area (Å²) >= 11 is 0. The third kappa shape index (κ3) is 5.03. The van der Waals surface area contributed by atoms with Crippen molar-refractivity contribution in [2.75, 3.05) is 25.6 Å². The molecule has 0 aliphatic rings. The molecular weight excluding hydrogens is 274 g/mol. The van der Waals surface area contributed by atoms with Crippen molar-refractivity contribution >= 4 is 17.3 Å². The highest BCUT2D eigenvalue weighted by molar-refractivity contribution is 6.00. The molecule has 0 heterocycles. The molecule has 2 N–H and O–H groups in total. The van der Waals surface area contributed by atoms with Gasteiger partial charge in [0.1, 0.15) is 0 Å². The first-order valence-corrected chi connectivity index (χ1v) is 6.81. The van der Waals surface area contributed by atoms with E-state index in [0.717, 1.165) is 0 Å². The van der Waals surface area contributed by atoms with E-state index in [4.69, 9.17) is 4.74 Å². The van der Waals surface area contributed by atoms with Gasteiger partial charge in [0.2, 0.25) is 0 Å². The van der Waals surface area contributed by atoms with E-state index in [2.05, 4.69) is 10.6 Å². The maximum atomic E-state index is 12.3. The first kappa shape index (κ1) is 16.9. The second kappa shape index (κ2) is 8.21. The lowest BCUT2D eigenvalue weighted by Crippen LogP contribution is -2.33. The van der Waals surface area contributed by atoms with Gasteiger partial charge in [-0.3, -0.25) is 14.9 Å². The number of benzene rings is 1. The lowest BCUT2D eigenvalue weighted by Gasteiger charge is -2.15. The third-order valence-electron chi connectivity index (χ3n) is 2.96. The summed E-state index contributed by atoms with van der Waals surface area (Å²) in [6, 6.07) is 4.14. The molecule has 1 rings (SSSR count). The number of carbonyl (C=O) groups is 1. The van der Waals surface area contributed by atoms with Gasteiger partial charge in [0, 0.05) is 44.1 Å². The van der Waals surface area contributed by atoms with E-state index in [1.165, 1.54) is 12.1 Å². The molecule has 1 unspecified atom stereocenters. The number of anilines is 1. The maximum absolute atomic E-state index is 12.3. The van der Waals surface area contributed by atoms with Crippen molar-refractivity contribution in [3.8, 4) is 0 Å². The number of nitrogens with one attached hydrogen (secondary N) is 2. The van der Waals surface area contributed by atoms with Crippen molar-refractivity contribution < 1.29 is 14.5 Å². The molecule has 1 atom stereocenters. The number of rotatable bonds is 8. The van der Waals surface area contributed by atoms with Crippen molar-refractivity contribution in [3.05, 3.63) is 33.9 Å². The predicted octanol–water partition coefficient (Wildman–Crippen LogP) is 2.18. The zero-order valence-electron chi connectivity index (χ0n) is 12.5. The molecule has 1 aromatic carbocycles. The highest BCUT2D eigenvalue weighted by Crippen LogP contribution is 2.22. The van der Waals surface area contributed by atoms with Crippen LogP contribution in [-0.4, -0.2) is 37.1 Å². The number of hydrogen-bond donors (Lipinski definition) is 2. The van der Waals surface area contributed by atoms with Gasteiger partial charge in [0.15, 0.2) is 0 Å². The Morgan fingerprint density at radius 3 is 2.76 bits per heavy atom. The van der Waals surface area contributed by atoms with Crippen molar-refractivity contribution in [1.29, 1.82) is 0 Å². The molecule has 0 spiro atoms. The molecule has 116 valence electrons. The normalized spacial score (nSPS) is 11.8. The Kier molecular flexibility index (Phi) is 6.61. The second-order valence-electron chi connectivity index (χ2n) is 4.67. The second-order valence-corrected chi connectivity index (χ2v) is 4.67. The number of amides is 1. The van der Waals surface area contributed by atoms with Gasteiger partial charge in [-0.05, 0) is 26.3 Å². The first-order chi connectivity index (χ1) is 9.99. The van der Waals surface area contributed by atoms with Gasteiger partial charge >= 0.3 is 0 Å². The zero-order valence-corrected chi connectivity index (χ0v) is 12.5. The van der Waals surface area contributed by atoms with Crippen LogP contribution in [0.1, 0.15) is 30.6 Å². The van der Waals surface area contributed by atoms with E-state index in [9.17, 15) is 14.9 Å². The van der Waals surface area contributed by atoms with Gasteiger partial charge in [-0.25, -0.2) is 0 Å². The van der Waals surface area contributed by atoms with Crippen molar-refractivity contribution in [1.82, 2.24) is 5.32 Å². The molecule has 1 amide bonds. The van der Waals surface area contributed by atoms with Crippen LogP contribution in [0.25, 0.3) is 0 Å². The summed E-state index contributed by atoms with van der Waals surface area (Å²) in [4.78, 5) is 22.6. The van der Waals surface area contributed by atoms with E-state index in [0.29, 0.717) is 25.3 Å². The summed E-state index contributed by atoms with van der Waals surface area (Å²) in [5.74, 6) is -0.335. The van der Waals surface area contributed by atoms with Crippen LogP contribution < -0.4 is 10.6 Å². The summed E-state index contributed by atoms with van der Waals surface area (Å²) in [7, 11) is 1.60. The lowest BCUT2D eigenvalue weighted by molar-refractivity contribution is -0.384. The molecular formula is C14H21N3O4. The topological polar surface area (TPSA) is 93.5 Å². The molecule has 1 aromatic rings. The average Bonchev–Trinajstić information content (AvgIpc) is 2.45. The van der Waals surface area contributed by atoms with Crippen LogP contribution >= 0.6 is 0 Å². The Bertz CT molecular complexity index is 505. The average molecular weight is 295 g/mol. The highest BCUT2D eigenvalue weighted by atomic mass is 16.6. The summed E-state index contributed by atoms with van der Waals surface area (Å²) in [5.41, 5.74) is 0.751. The molecule has 0 saturated carbocycles. The predicted molar refractivity (Wildman–Crippen MR) is 80.7 cm³/mol. The fourth-order valence-corrected chi connectivity index (χ4v) is 1.85. The summed E-state index contributed by atoms with van der Waals surface area (Å²) in [5, 5.41) is 16.7. The van der Waals surface area contributed by atoms with E-state index in [1.807, 2.05) is 13.8 Å². The zero-order chi connectivity index (χ0) is 15.8. The largest absolute Gasteiger partial charge is 0.385 e. The van der Waals surface area contributed by atoms with E-state index >= 15 is 0 Å². The first-order valence-electron chi connectivity index (χ1n) is 6.81. The molecule has 21 heavy (non-hydrogen) atoms. The molecule has 0 fully saturated rings. The standard InChI is InChI=1S/C14H21N3O4/c1-4-15-13-6-5-11(17(19)20)9-12(13)14(18)16-10(2)7-8-21-3/h5-6,9-10,15H,4,7-8H2,1-3H3,(H,16,18). The molecule has 0 saturated heterocycles. The van der Waals surface area contributed by atoms with E-state index in [-0.39, 0.29) is 23.2 Å². The maximum Gasteiger partial charge on any atom is 0.270 e. The van der Waals surface area contributed by atoms with Gasteiger partial charge in [0.05, 0.1) is 10.5 Å². The highest BCUT2D eigenvalue weighted by Gasteiger charge is 2.17. The minimum atomic E-state index is -0.513. The van der Waals surface area contributed by atoms with Crippen molar-refractivity contribution in [2.24, 2.45) is 0 Å². The Balaban J connectivity index is 2.93. The van der Waals surface area contributed by atoms with Crippen LogP contribution in [0.4, 0.5) is 11.4 Å². The van der Waals surface area contributed by atoms with Crippen LogP contribution in [0.3, 0.4) is 0 Å². The number of nitrogens with zero attached hydrogens (tertiary/aromatic N) is 1. The van der Waals surface area contributed by atoms with Gasteiger partial charge < -0.3 is 15.4 Å². The minimum Gasteiger partial charge on any atom is -0.385 e. The Morgan fingerprint density at radius 1 is 1.48 bits per heavy atom. The number of nitro benzene ring substituents is 1. The molecule has 7 nitrogen and oxygen atoms in total. The van der Waals surface area contributed by atoms with Gasteiger partial charge in [0.25, 0.3) is 11.6 Å². The van der Waals surface area contributed by atoms with E-state index < -0.39 is 4.92 Å². The molecule has 7 heteroatoms. The smallest absolute Gasteiger partial charge is 0.270 e. The molecule has 0 radical (unpaired) electrons. The number of methoxy groups -OCH3 is 1. The third-order valence-corrected chi connectivity index (χ3v) is 2.96. The van der Waals surface area contributed by atoms with Crippen LogP contribution in [0.5, 0.6) is 0 Å². The Morgan fingerprint density at radius 2 is 2.19 bits per heavy atom. The van der Waals surface area contributed by atoms with Gasteiger partial charge in [-0.15, -0.1) is 0 Å². The molecule has 0 bridgehead atoms. The number of hydrogen-bond acceptors (Lipinski definition) is 5. The van der Waals surface area contributed by atoms with E-state index in [1.54, 1.807) is 13.2 Å². The Hall–Kier alpha value is -2.15. The number of nitro groups is 1. The van der Waals surface area contributed by atoms with Crippen molar-refractivity contribution in [3.63, 3.8) is 0 Å².